The zero-order chi connectivity index (χ0) is 31.0. The van der Waals surface area contributed by atoms with Crippen LogP contribution in [0.5, 0.6) is 0 Å². The number of nitrogens with zero attached hydrogens (tertiary/aromatic N) is 1. The summed E-state index contributed by atoms with van der Waals surface area (Å²) >= 11 is 0. The second-order valence-electron chi connectivity index (χ2n) is 12.3. The largest absolute Gasteiger partial charge is 0.265 e. The van der Waals surface area contributed by atoms with Crippen molar-refractivity contribution in [3.8, 4) is 44.5 Å². The molecular weight excluding hydrogens is 555 g/mol. The van der Waals surface area contributed by atoms with Crippen LogP contribution in [0.4, 0.5) is 0 Å². The number of fused-ring (bicyclic) bond motifs is 3. The lowest BCUT2D eigenvalue weighted by Gasteiger charge is -2.19. The Morgan fingerprint density at radius 1 is 0.457 bits per heavy atom. The third-order valence-electron chi connectivity index (χ3n) is 9.37. The Balaban J connectivity index is 1.30. The van der Waals surface area contributed by atoms with Gasteiger partial charge in [-0.1, -0.05) is 129 Å². The van der Waals surface area contributed by atoms with Gasteiger partial charge in [0, 0.05) is 12.4 Å². The zero-order valence-corrected chi connectivity index (χ0v) is 26.3. The maximum absolute atomic E-state index is 4.19. The Labute approximate surface area is 270 Å². The van der Waals surface area contributed by atoms with Gasteiger partial charge in [0.15, 0.2) is 0 Å². The van der Waals surface area contributed by atoms with Crippen LogP contribution in [-0.2, 0) is 6.42 Å². The fraction of sp³-hybridized carbons (Fsp3) is 0.0889. The fourth-order valence-electron chi connectivity index (χ4n) is 7.17. The van der Waals surface area contributed by atoms with Crippen molar-refractivity contribution in [2.75, 3.05) is 0 Å². The lowest BCUT2D eigenvalue weighted by molar-refractivity contribution is 0.924. The smallest absolute Gasteiger partial charge is 0.0273 e. The van der Waals surface area contributed by atoms with E-state index in [0.717, 1.165) is 12.8 Å². The van der Waals surface area contributed by atoms with Gasteiger partial charge in [-0.25, -0.2) is 0 Å². The minimum atomic E-state index is 1.11. The highest BCUT2D eigenvalue weighted by Gasteiger charge is 2.18. The lowest BCUT2D eigenvalue weighted by Crippen LogP contribution is -1.93. The highest BCUT2D eigenvalue weighted by Crippen LogP contribution is 2.45. The summed E-state index contributed by atoms with van der Waals surface area (Å²) in [7, 11) is 0. The molecule has 1 aromatic heterocycles. The molecule has 1 heterocycles. The van der Waals surface area contributed by atoms with Crippen LogP contribution in [-0.4, -0.2) is 4.98 Å². The van der Waals surface area contributed by atoms with Gasteiger partial charge in [-0.3, -0.25) is 4.98 Å². The predicted octanol–water partition coefficient (Wildman–Crippen LogP) is 12.5. The highest BCUT2D eigenvalue weighted by molar-refractivity contribution is 6.22. The van der Waals surface area contributed by atoms with Crippen molar-refractivity contribution >= 4 is 32.3 Å². The van der Waals surface area contributed by atoms with E-state index in [9.17, 15) is 0 Å². The number of aryl methyl sites for hydroxylation is 2. The van der Waals surface area contributed by atoms with Crippen molar-refractivity contribution in [3.05, 3.63) is 163 Å². The van der Waals surface area contributed by atoms with Crippen LogP contribution in [0.25, 0.3) is 76.8 Å². The summed E-state index contributed by atoms with van der Waals surface area (Å²) in [6, 6.07) is 51.7. The number of aromatic nitrogens is 1. The van der Waals surface area contributed by atoms with Gasteiger partial charge in [0.25, 0.3) is 0 Å². The van der Waals surface area contributed by atoms with Crippen LogP contribution >= 0.6 is 0 Å². The van der Waals surface area contributed by atoms with Crippen LogP contribution in [0.3, 0.4) is 0 Å². The van der Waals surface area contributed by atoms with Crippen molar-refractivity contribution < 1.29 is 0 Å². The highest BCUT2D eigenvalue weighted by atomic mass is 14.6. The molecule has 0 saturated heterocycles. The molecule has 0 fully saturated rings. The third-order valence-corrected chi connectivity index (χ3v) is 9.37. The summed E-state index contributed by atoms with van der Waals surface area (Å²) < 4.78 is 0. The standard InChI is InChI=1S/C45H35N/c1-3-9-31-16-17-32-18-19-37(29-38(32)27-31)44-40-12-4-6-14-42(40)45(43-15-7-5-13-41(43)44)39-21-20-36(26-30(39)2)35-11-8-10-34(28-35)33-22-24-46-25-23-33/h4-8,10-29H,3,9H2,1-2H3. The van der Waals surface area contributed by atoms with E-state index in [1.807, 2.05) is 12.4 Å². The first-order chi connectivity index (χ1) is 22.7. The molecule has 0 aliphatic carbocycles. The number of benzene rings is 7. The average molecular weight is 590 g/mol. The topological polar surface area (TPSA) is 12.9 Å². The Hall–Kier alpha value is -5.53. The molecule has 8 rings (SSSR count). The third kappa shape index (κ3) is 4.95. The van der Waals surface area contributed by atoms with Gasteiger partial charge in [0.1, 0.15) is 0 Å². The number of hydrogen-bond donors (Lipinski definition) is 0. The number of hydrogen-bond acceptors (Lipinski definition) is 1. The second kappa shape index (κ2) is 11.8. The molecule has 0 amide bonds. The molecule has 46 heavy (non-hydrogen) atoms. The van der Waals surface area contributed by atoms with E-state index >= 15 is 0 Å². The van der Waals surface area contributed by atoms with E-state index in [4.69, 9.17) is 0 Å². The van der Waals surface area contributed by atoms with Gasteiger partial charge in [-0.05, 0) is 126 Å². The maximum atomic E-state index is 4.19. The van der Waals surface area contributed by atoms with E-state index in [0.29, 0.717) is 0 Å². The van der Waals surface area contributed by atoms with Gasteiger partial charge in [-0.15, -0.1) is 0 Å². The molecule has 0 radical (unpaired) electrons. The molecule has 0 aliphatic heterocycles. The van der Waals surface area contributed by atoms with E-state index < -0.39 is 0 Å². The molecule has 0 saturated carbocycles. The summed E-state index contributed by atoms with van der Waals surface area (Å²) in [5.41, 5.74) is 12.6. The van der Waals surface area contributed by atoms with Crippen molar-refractivity contribution in [3.63, 3.8) is 0 Å². The molecule has 1 nitrogen and oxygen atoms in total. The SMILES string of the molecule is CCCc1ccc2ccc(-c3c4ccccc4c(-c4ccc(-c5cccc(-c6ccncc6)c5)cc4C)c4ccccc34)cc2c1. The van der Waals surface area contributed by atoms with Crippen LogP contribution in [0, 0.1) is 6.92 Å². The number of rotatable bonds is 6. The first-order valence-electron chi connectivity index (χ1n) is 16.3. The second-order valence-corrected chi connectivity index (χ2v) is 12.3. The van der Waals surface area contributed by atoms with Gasteiger partial charge < -0.3 is 0 Å². The normalized spacial score (nSPS) is 11.4. The van der Waals surface area contributed by atoms with Gasteiger partial charge in [0.05, 0.1) is 0 Å². The van der Waals surface area contributed by atoms with E-state index in [1.165, 1.54) is 88.0 Å². The minimum Gasteiger partial charge on any atom is -0.265 e. The van der Waals surface area contributed by atoms with Crippen molar-refractivity contribution in [2.45, 2.75) is 26.7 Å². The molecule has 0 spiro atoms. The van der Waals surface area contributed by atoms with Gasteiger partial charge in [0.2, 0.25) is 0 Å². The van der Waals surface area contributed by atoms with Crippen molar-refractivity contribution in [2.24, 2.45) is 0 Å². The monoisotopic (exact) mass is 589 g/mol. The van der Waals surface area contributed by atoms with E-state index in [2.05, 4.69) is 158 Å². The Morgan fingerprint density at radius 3 is 1.74 bits per heavy atom. The molecule has 8 aromatic rings. The predicted molar refractivity (Wildman–Crippen MR) is 197 cm³/mol. The number of pyridine rings is 1. The van der Waals surface area contributed by atoms with Gasteiger partial charge in [-0.2, -0.15) is 0 Å². The molecule has 0 aliphatic rings. The van der Waals surface area contributed by atoms with Crippen LogP contribution in [0.2, 0.25) is 0 Å². The molecule has 220 valence electrons. The van der Waals surface area contributed by atoms with Crippen molar-refractivity contribution in [1.82, 2.24) is 4.98 Å². The molecule has 1 heteroatoms. The summed E-state index contributed by atoms with van der Waals surface area (Å²) in [5, 5.41) is 7.73. The molecular formula is C45H35N. The first kappa shape index (κ1) is 28.0. The van der Waals surface area contributed by atoms with Gasteiger partial charge >= 0.3 is 0 Å². The van der Waals surface area contributed by atoms with Crippen LogP contribution in [0.15, 0.2) is 152 Å². The molecule has 7 aromatic carbocycles. The lowest BCUT2D eigenvalue weighted by atomic mass is 9.84. The average Bonchev–Trinajstić information content (AvgIpc) is 3.11. The summed E-state index contributed by atoms with van der Waals surface area (Å²) in [5.74, 6) is 0. The fourth-order valence-corrected chi connectivity index (χ4v) is 7.17. The molecule has 0 unspecified atom stereocenters. The maximum Gasteiger partial charge on any atom is 0.0273 e. The minimum absolute atomic E-state index is 1.11. The quantitative estimate of drug-likeness (QED) is 0.176. The summed E-state index contributed by atoms with van der Waals surface area (Å²) in [4.78, 5) is 4.19. The van der Waals surface area contributed by atoms with Crippen LogP contribution in [0.1, 0.15) is 24.5 Å². The molecule has 0 bridgehead atoms. The van der Waals surface area contributed by atoms with Crippen molar-refractivity contribution in [1.29, 1.82) is 0 Å². The van der Waals surface area contributed by atoms with E-state index in [-0.39, 0.29) is 0 Å². The Morgan fingerprint density at radius 2 is 1.07 bits per heavy atom. The zero-order valence-electron chi connectivity index (χ0n) is 26.3. The summed E-state index contributed by atoms with van der Waals surface area (Å²) in [6.07, 6.45) is 5.96. The van der Waals surface area contributed by atoms with Crippen LogP contribution < -0.4 is 0 Å². The summed E-state index contributed by atoms with van der Waals surface area (Å²) in [6.45, 7) is 4.50. The van der Waals surface area contributed by atoms with E-state index in [1.54, 1.807) is 0 Å². The molecule has 0 atom stereocenters. The Kier molecular flexibility index (Phi) is 7.15. The first-order valence-corrected chi connectivity index (χ1v) is 16.3. The molecule has 0 N–H and O–H groups in total. The Bertz CT molecular complexity index is 2330.